The molecule has 5 heteroatoms. The Morgan fingerprint density at radius 3 is 2.92 bits per heavy atom. The van der Waals surface area contributed by atoms with E-state index >= 15 is 0 Å². The Hall–Kier alpha value is -2.82. The lowest BCUT2D eigenvalue weighted by Crippen LogP contribution is -2.36. The molecule has 1 N–H and O–H groups in total. The number of halogens is 1. The van der Waals surface area contributed by atoms with E-state index in [1.165, 1.54) is 6.07 Å². The minimum Gasteiger partial charge on any atom is -0.497 e. The van der Waals surface area contributed by atoms with Gasteiger partial charge in [0.05, 0.1) is 13.5 Å². The van der Waals surface area contributed by atoms with E-state index in [0.717, 1.165) is 34.3 Å². The highest BCUT2D eigenvalue weighted by molar-refractivity contribution is 5.87. The largest absolute Gasteiger partial charge is 0.497 e. The number of aromatic amines is 1. The number of benzene rings is 2. The minimum absolute atomic E-state index is 0.0482. The maximum absolute atomic E-state index is 13.8. The molecule has 128 valence electrons. The zero-order valence-electron chi connectivity index (χ0n) is 14.0. The van der Waals surface area contributed by atoms with Crippen LogP contribution < -0.4 is 4.74 Å². The Bertz CT molecular complexity index is 948. The van der Waals surface area contributed by atoms with E-state index in [1.54, 1.807) is 25.3 Å². The molecule has 0 atom stereocenters. The summed E-state index contributed by atoms with van der Waals surface area (Å²) in [7, 11) is 1.64. The molecule has 3 aromatic rings. The second-order valence-corrected chi connectivity index (χ2v) is 6.33. The summed E-state index contributed by atoms with van der Waals surface area (Å²) in [6.45, 7) is 1.18. The number of aromatic nitrogens is 1. The molecule has 2 heterocycles. The van der Waals surface area contributed by atoms with Crippen LogP contribution in [0.1, 0.15) is 16.8 Å². The van der Waals surface area contributed by atoms with Crippen LogP contribution in [0.25, 0.3) is 10.9 Å². The van der Waals surface area contributed by atoms with Crippen molar-refractivity contribution in [3.8, 4) is 5.75 Å². The van der Waals surface area contributed by atoms with Crippen LogP contribution in [0.4, 0.5) is 4.39 Å². The van der Waals surface area contributed by atoms with Crippen molar-refractivity contribution >= 4 is 16.8 Å². The second-order valence-electron chi connectivity index (χ2n) is 6.33. The van der Waals surface area contributed by atoms with Gasteiger partial charge in [-0.05, 0) is 29.8 Å². The van der Waals surface area contributed by atoms with Crippen molar-refractivity contribution in [2.75, 3.05) is 13.7 Å². The van der Waals surface area contributed by atoms with Gasteiger partial charge in [0.1, 0.15) is 11.6 Å². The quantitative estimate of drug-likeness (QED) is 0.795. The molecule has 0 spiro atoms. The number of ether oxygens (including phenoxy) is 1. The molecule has 25 heavy (non-hydrogen) atoms. The van der Waals surface area contributed by atoms with Gasteiger partial charge in [-0.1, -0.05) is 18.2 Å². The standard InChI is InChI=1S/C20H19FN2O2/c1-25-14-6-7-18-15(11-14)16-12-23(9-8-19(16)22-18)20(24)10-13-4-2-3-5-17(13)21/h2-7,11,22H,8-10,12H2,1H3. The van der Waals surface area contributed by atoms with Gasteiger partial charge >= 0.3 is 0 Å². The van der Waals surface area contributed by atoms with Gasteiger partial charge in [0.15, 0.2) is 0 Å². The molecule has 1 aliphatic rings. The Morgan fingerprint density at radius 2 is 2.12 bits per heavy atom. The topological polar surface area (TPSA) is 45.3 Å². The number of hydrogen-bond acceptors (Lipinski definition) is 2. The Balaban J connectivity index is 1.59. The van der Waals surface area contributed by atoms with Crippen LogP contribution in [0.5, 0.6) is 5.75 Å². The first-order valence-corrected chi connectivity index (χ1v) is 8.34. The number of nitrogens with zero attached hydrogens (tertiary/aromatic N) is 1. The summed E-state index contributed by atoms with van der Waals surface area (Å²) in [6.07, 6.45) is 0.864. The zero-order chi connectivity index (χ0) is 17.4. The van der Waals surface area contributed by atoms with Crippen molar-refractivity contribution in [1.82, 2.24) is 9.88 Å². The summed E-state index contributed by atoms with van der Waals surface area (Å²) in [4.78, 5) is 17.9. The molecule has 0 saturated heterocycles. The maximum Gasteiger partial charge on any atom is 0.227 e. The fourth-order valence-electron chi connectivity index (χ4n) is 3.45. The number of amides is 1. The average molecular weight is 338 g/mol. The molecule has 1 aromatic heterocycles. The lowest BCUT2D eigenvalue weighted by Gasteiger charge is -2.27. The number of H-pyrrole nitrogens is 1. The van der Waals surface area contributed by atoms with Gasteiger partial charge < -0.3 is 14.6 Å². The van der Waals surface area contributed by atoms with Crippen molar-refractivity contribution in [3.63, 3.8) is 0 Å². The van der Waals surface area contributed by atoms with Crippen LogP contribution in [-0.2, 0) is 24.2 Å². The first-order chi connectivity index (χ1) is 12.2. The number of carbonyl (C=O) groups is 1. The average Bonchev–Trinajstić information content (AvgIpc) is 3.00. The first kappa shape index (κ1) is 15.7. The van der Waals surface area contributed by atoms with Crippen molar-refractivity contribution in [1.29, 1.82) is 0 Å². The molecule has 0 saturated carbocycles. The minimum atomic E-state index is -0.328. The summed E-state index contributed by atoms with van der Waals surface area (Å²) >= 11 is 0. The molecular formula is C20H19FN2O2. The SMILES string of the molecule is COc1ccc2[nH]c3c(c2c1)CN(C(=O)Cc1ccccc1F)CC3. The molecule has 2 aromatic carbocycles. The number of nitrogens with one attached hydrogen (secondary N) is 1. The Labute approximate surface area is 145 Å². The number of fused-ring (bicyclic) bond motifs is 3. The number of rotatable bonds is 3. The van der Waals surface area contributed by atoms with Gasteiger partial charge in [0, 0.05) is 41.7 Å². The summed E-state index contributed by atoms with van der Waals surface area (Å²) < 4.78 is 19.1. The van der Waals surface area contributed by atoms with Crippen LogP contribution in [0.3, 0.4) is 0 Å². The molecule has 0 radical (unpaired) electrons. The first-order valence-electron chi connectivity index (χ1n) is 8.34. The maximum atomic E-state index is 13.8. The fraction of sp³-hybridized carbons (Fsp3) is 0.250. The lowest BCUT2D eigenvalue weighted by molar-refractivity contribution is -0.131. The van der Waals surface area contributed by atoms with E-state index in [1.807, 2.05) is 23.1 Å². The van der Waals surface area contributed by atoms with Gasteiger partial charge in [-0.25, -0.2) is 4.39 Å². The molecule has 0 bridgehead atoms. The van der Waals surface area contributed by atoms with Gasteiger partial charge in [-0.2, -0.15) is 0 Å². The van der Waals surface area contributed by atoms with E-state index in [4.69, 9.17) is 4.74 Å². The molecule has 0 unspecified atom stereocenters. The van der Waals surface area contributed by atoms with Gasteiger partial charge in [0.25, 0.3) is 0 Å². The smallest absolute Gasteiger partial charge is 0.227 e. The van der Waals surface area contributed by atoms with Crippen LogP contribution in [0, 0.1) is 5.82 Å². The zero-order valence-corrected chi connectivity index (χ0v) is 14.0. The van der Waals surface area contributed by atoms with Crippen LogP contribution in [0.2, 0.25) is 0 Å². The number of methoxy groups -OCH3 is 1. The molecule has 0 fully saturated rings. The number of carbonyl (C=O) groups excluding carboxylic acids is 1. The van der Waals surface area contributed by atoms with Gasteiger partial charge in [0.2, 0.25) is 5.91 Å². The summed E-state index contributed by atoms with van der Waals surface area (Å²) in [5, 5.41) is 1.08. The van der Waals surface area contributed by atoms with Crippen molar-refractivity contribution < 1.29 is 13.9 Å². The molecule has 4 nitrogen and oxygen atoms in total. The molecule has 1 amide bonds. The number of hydrogen-bond donors (Lipinski definition) is 1. The summed E-state index contributed by atoms with van der Waals surface area (Å²) in [5.74, 6) is 0.419. The fourth-order valence-corrected chi connectivity index (χ4v) is 3.45. The molecular weight excluding hydrogens is 319 g/mol. The van der Waals surface area contributed by atoms with Crippen LogP contribution in [0.15, 0.2) is 42.5 Å². The molecule has 0 aliphatic carbocycles. The summed E-state index contributed by atoms with van der Waals surface area (Å²) in [5.41, 5.74) is 3.79. The molecule has 4 rings (SSSR count). The van der Waals surface area contributed by atoms with Crippen molar-refractivity contribution in [2.24, 2.45) is 0 Å². The van der Waals surface area contributed by atoms with Gasteiger partial charge in [-0.3, -0.25) is 4.79 Å². The third-order valence-corrected chi connectivity index (χ3v) is 4.83. The Kier molecular flexibility index (Phi) is 3.92. The predicted octanol–water partition coefficient (Wildman–Crippen LogP) is 3.44. The summed E-state index contributed by atoms with van der Waals surface area (Å²) in [6, 6.07) is 12.4. The Morgan fingerprint density at radius 1 is 1.28 bits per heavy atom. The second kappa shape index (κ2) is 6.24. The highest BCUT2D eigenvalue weighted by atomic mass is 19.1. The van der Waals surface area contributed by atoms with E-state index in [-0.39, 0.29) is 18.1 Å². The molecule has 1 aliphatic heterocycles. The highest BCUT2D eigenvalue weighted by Gasteiger charge is 2.24. The lowest BCUT2D eigenvalue weighted by atomic mass is 10.0. The normalized spacial score (nSPS) is 13.8. The monoisotopic (exact) mass is 338 g/mol. The van der Waals surface area contributed by atoms with E-state index in [2.05, 4.69) is 4.98 Å². The van der Waals surface area contributed by atoms with Gasteiger partial charge in [-0.15, -0.1) is 0 Å². The predicted molar refractivity (Wildman–Crippen MR) is 94.1 cm³/mol. The van der Waals surface area contributed by atoms with Crippen LogP contribution in [-0.4, -0.2) is 29.4 Å². The third-order valence-electron chi connectivity index (χ3n) is 4.83. The van der Waals surface area contributed by atoms with E-state index in [0.29, 0.717) is 18.7 Å². The van der Waals surface area contributed by atoms with Crippen LogP contribution >= 0.6 is 0 Å². The third kappa shape index (κ3) is 2.86. The van der Waals surface area contributed by atoms with Crippen molar-refractivity contribution in [2.45, 2.75) is 19.4 Å². The van der Waals surface area contributed by atoms with E-state index in [9.17, 15) is 9.18 Å². The highest BCUT2D eigenvalue weighted by Crippen LogP contribution is 2.30. The van der Waals surface area contributed by atoms with E-state index < -0.39 is 0 Å². The van der Waals surface area contributed by atoms with Crippen molar-refractivity contribution in [3.05, 3.63) is 65.1 Å².